The Kier molecular flexibility index (Phi) is 6.13. The molecule has 2 rings (SSSR count). The summed E-state index contributed by atoms with van der Waals surface area (Å²) in [5.74, 6) is -0.676. The fourth-order valence-corrected chi connectivity index (χ4v) is 2.52. The molecule has 0 atom stereocenters. The van der Waals surface area contributed by atoms with Gasteiger partial charge in [0, 0.05) is 22.8 Å². The molecule has 0 aromatic heterocycles. The zero-order valence-corrected chi connectivity index (χ0v) is 15.0. The minimum atomic E-state index is -0.717. The molecule has 0 fully saturated rings. The average molecular weight is 405 g/mol. The first-order valence-corrected chi connectivity index (χ1v) is 8.12. The lowest BCUT2D eigenvalue weighted by Crippen LogP contribution is -2.35. The maximum atomic E-state index is 12.4. The summed E-state index contributed by atoms with van der Waals surface area (Å²) in [6.45, 7) is -0.117. The van der Waals surface area contributed by atoms with Gasteiger partial charge in [-0.2, -0.15) is 0 Å². The maximum Gasteiger partial charge on any atom is 0.316 e. The van der Waals surface area contributed by atoms with Crippen LogP contribution in [0.25, 0.3) is 0 Å². The number of carbonyl (C=O) groups is 3. The molecular weight excluding hydrogens is 388 g/mol. The second kappa shape index (κ2) is 8.29. The molecule has 4 N–H and O–H groups in total. The van der Waals surface area contributed by atoms with Gasteiger partial charge in [0.15, 0.2) is 0 Å². The van der Waals surface area contributed by atoms with Gasteiger partial charge in [0.05, 0.1) is 12.2 Å². The Morgan fingerprint density at radius 1 is 1.08 bits per heavy atom. The number of halogens is 1. The van der Waals surface area contributed by atoms with Crippen LogP contribution in [0.3, 0.4) is 0 Å². The number of hydrogen-bond acceptors (Lipinski definition) is 3. The van der Waals surface area contributed by atoms with Gasteiger partial charge in [-0.3, -0.25) is 9.59 Å². The average Bonchev–Trinajstić information content (AvgIpc) is 2.55. The summed E-state index contributed by atoms with van der Waals surface area (Å²) < 4.78 is 0.752. The van der Waals surface area contributed by atoms with E-state index in [0.717, 1.165) is 4.47 Å². The standard InChI is InChI=1S/C17H17BrN4O3/c1-22(10-15(23)21-14-8-3-2-7-13(14)18)16(24)11-5-4-6-12(9-11)20-17(19)25/h2-9H,10H2,1H3,(H,21,23)(H3,19,20,25). The normalized spacial score (nSPS) is 10.0. The van der Waals surface area contributed by atoms with Crippen LogP contribution < -0.4 is 16.4 Å². The number of anilines is 2. The number of para-hydroxylation sites is 1. The van der Waals surface area contributed by atoms with Gasteiger partial charge in [0.2, 0.25) is 5.91 Å². The van der Waals surface area contributed by atoms with E-state index >= 15 is 0 Å². The second-order valence-corrected chi connectivity index (χ2v) is 6.11. The van der Waals surface area contributed by atoms with Gasteiger partial charge in [-0.25, -0.2) is 4.79 Å². The number of hydrogen-bond donors (Lipinski definition) is 3. The van der Waals surface area contributed by atoms with Crippen LogP contribution in [-0.4, -0.2) is 36.3 Å². The third kappa shape index (κ3) is 5.32. The van der Waals surface area contributed by atoms with Crippen molar-refractivity contribution in [2.24, 2.45) is 5.73 Å². The number of nitrogens with one attached hydrogen (secondary N) is 2. The highest BCUT2D eigenvalue weighted by molar-refractivity contribution is 9.10. The first kappa shape index (κ1) is 18.5. The Morgan fingerprint density at radius 2 is 1.80 bits per heavy atom. The van der Waals surface area contributed by atoms with Crippen LogP contribution in [-0.2, 0) is 4.79 Å². The number of nitrogens with zero attached hydrogens (tertiary/aromatic N) is 1. The van der Waals surface area contributed by atoms with Crippen molar-refractivity contribution >= 4 is 45.2 Å². The molecule has 0 spiro atoms. The predicted molar refractivity (Wildman–Crippen MR) is 99.4 cm³/mol. The fourth-order valence-electron chi connectivity index (χ4n) is 2.13. The molecule has 4 amide bonds. The summed E-state index contributed by atoms with van der Waals surface area (Å²) in [5, 5.41) is 5.13. The molecule has 0 bridgehead atoms. The third-order valence-electron chi connectivity index (χ3n) is 3.25. The van der Waals surface area contributed by atoms with Crippen LogP contribution in [0.2, 0.25) is 0 Å². The highest BCUT2D eigenvalue weighted by Crippen LogP contribution is 2.21. The van der Waals surface area contributed by atoms with E-state index in [-0.39, 0.29) is 18.4 Å². The first-order chi connectivity index (χ1) is 11.9. The lowest BCUT2D eigenvalue weighted by molar-refractivity contribution is -0.116. The molecule has 0 aliphatic rings. The van der Waals surface area contributed by atoms with Crippen molar-refractivity contribution in [3.05, 3.63) is 58.6 Å². The number of likely N-dealkylation sites (N-methyl/N-ethyl adjacent to an activating group) is 1. The lowest BCUT2D eigenvalue weighted by Gasteiger charge is -2.17. The van der Waals surface area contributed by atoms with Crippen molar-refractivity contribution in [1.29, 1.82) is 0 Å². The van der Waals surface area contributed by atoms with Crippen LogP contribution in [0.4, 0.5) is 16.2 Å². The van der Waals surface area contributed by atoms with Gasteiger partial charge in [0.25, 0.3) is 5.91 Å². The minimum absolute atomic E-state index is 0.117. The molecule has 0 radical (unpaired) electrons. The molecule has 0 heterocycles. The van der Waals surface area contributed by atoms with E-state index in [1.54, 1.807) is 30.3 Å². The SMILES string of the molecule is CN(CC(=O)Nc1ccccc1Br)C(=O)c1cccc(NC(N)=O)c1. The van der Waals surface area contributed by atoms with Gasteiger partial charge in [-0.05, 0) is 46.3 Å². The van der Waals surface area contributed by atoms with Crippen LogP contribution in [0.5, 0.6) is 0 Å². The van der Waals surface area contributed by atoms with Crippen LogP contribution in [0.1, 0.15) is 10.4 Å². The molecule has 0 saturated heterocycles. The topological polar surface area (TPSA) is 105 Å². The molecule has 0 aliphatic carbocycles. The summed E-state index contributed by atoms with van der Waals surface area (Å²) in [4.78, 5) is 36.7. The monoisotopic (exact) mass is 404 g/mol. The van der Waals surface area contributed by atoms with E-state index in [0.29, 0.717) is 16.9 Å². The highest BCUT2D eigenvalue weighted by Gasteiger charge is 2.16. The smallest absolute Gasteiger partial charge is 0.316 e. The number of carbonyl (C=O) groups excluding carboxylic acids is 3. The number of primary amides is 1. The minimum Gasteiger partial charge on any atom is -0.351 e. The van der Waals surface area contributed by atoms with Crippen molar-refractivity contribution in [1.82, 2.24) is 4.90 Å². The van der Waals surface area contributed by atoms with Gasteiger partial charge < -0.3 is 21.3 Å². The van der Waals surface area contributed by atoms with Crippen molar-refractivity contribution in [2.45, 2.75) is 0 Å². The summed E-state index contributed by atoms with van der Waals surface area (Å²) in [7, 11) is 1.52. The highest BCUT2D eigenvalue weighted by atomic mass is 79.9. The number of amides is 4. The molecule has 7 nitrogen and oxygen atoms in total. The molecule has 2 aromatic carbocycles. The second-order valence-electron chi connectivity index (χ2n) is 5.26. The van der Waals surface area contributed by atoms with E-state index in [4.69, 9.17) is 5.73 Å². The van der Waals surface area contributed by atoms with Gasteiger partial charge in [0.1, 0.15) is 0 Å². The number of benzene rings is 2. The molecular formula is C17H17BrN4O3. The molecule has 2 aromatic rings. The molecule has 0 saturated carbocycles. The van der Waals surface area contributed by atoms with Crippen LogP contribution in [0.15, 0.2) is 53.0 Å². The summed E-state index contributed by atoms with van der Waals surface area (Å²) >= 11 is 3.34. The summed E-state index contributed by atoms with van der Waals surface area (Å²) in [6, 6.07) is 12.8. The molecule has 0 unspecified atom stereocenters. The maximum absolute atomic E-state index is 12.4. The van der Waals surface area contributed by atoms with E-state index < -0.39 is 6.03 Å². The largest absolute Gasteiger partial charge is 0.351 e. The van der Waals surface area contributed by atoms with Crippen LogP contribution in [0, 0.1) is 0 Å². The van der Waals surface area contributed by atoms with E-state index in [2.05, 4.69) is 26.6 Å². The van der Waals surface area contributed by atoms with E-state index in [9.17, 15) is 14.4 Å². The van der Waals surface area contributed by atoms with Gasteiger partial charge in [-0.15, -0.1) is 0 Å². The van der Waals surface area contributed by atoms with Crippen molar-refractivity contribution in [3.8, 4) is 0 Å². The quantitative estimate of drug-likeness (QED) is 0.712. The predicted octanol–water partition coefficient (Wildman–Crippen LogP) is 2.65. The van der Waals surface area contributed by atoms with Crippen LogP contribution >= 0.6 is 15.9 Å². The fraction of sp³-hybridized carbons (Fsp3) is 0.118. The Labute approximate surface area is 153 Å². The first-order valence-electron chi connectivity index (χ1n) is 7.33. The van der Waals surface area contributed by atoms with E-state index in [1.807, 2.05) is 12.1 Å². The van der Waals surface area contributed by atoms with Crippen molar-refractivity contribution in [2.75, 3.05) is 24.2 Å². The Balaban J connectivity index is 2.01. The zero-order valence-electron chi connectivity index (χ0n) is 13.5. The van der Waals surface area contributed by atoms with Crippen molar-refractivity contribution < 1.29 is 14.4 Å². The molecule has 130 valence electrons. The molecule has 0 aliphatic heterocycles. The Hall–Kier alpha value is -2.87. The van der Waals surface area contributed by atoms with Crippen molar-refractivity contribution in [3.63, 3.8) is 0 Å². The third-order valence-corrected chi connectivity index (χ3v) is 3.94. The Morgan fingerprint density at radius 3 is 2.48 bits per heavy atom. The Bertz CT molecular complexity index is 810. The molecule has 8 heteroatoms. The number of nitrogens with two attached hydrogens (primary N) is 1. The van der Waals surface area contributed by atoms with Gasteiger partial charge >= 0.3 is 6.03 Å². The molecule has 25 heavy (non-hydrogen) atoms. The summed E-state index contributed by atoms with van der Waals surface area (Å²) in [5.41, 5.74) is 6.43. The zero-order chi connectivity index (χ0) is 18.4. The number of rotatable bonds is 5. The van der Waals surface area contributed by atoms with E-state index in [1.165, 1.54) is 18.0 Å². The van der Waals surface area contributed by atoms with Gasteiger partial charge in [-0.1, -0.05) is 18.2 Å². The lowest BCUT2D eigenvalue weighted by atomic mass is 10.1. The number of urea groups is 1. The summed E-state index contributed by atoms with van der Waals surface area (Å²) in [6.07, 6.45) is 0.